The average molecular weight is 252 g/mol. The maximum absolute atomic E-state index is 3.82. The van der Waals surface area contributed by atoms with E-state index in [1.165, 1.54) is 51.6 Å². The highest BCUT2D eigenvalue weighted by Crippen LogP contribution is 2.35. The highest BCUT2D eigenvalue weighted by atomic mass is 15.3. The predicted octanol–water partition coefficient (Wildman–Crippen LogP) is 3.42. The zero-order chi connectivity index (χ0) is 13.2. The van der Waals surface area contributed by atoms with Crippen molar-refractivity contribution >= 4 is 0 Å². The van der Waals surface area contributed by atoms with Crippen molar-refractivity contribution in [1.82, 2.24) is 10.2 Å². The molecule has 1 heterocycles. The minimum absolute atomic E-state index is 0.431. The summed E-state index contributed by atoms with van der Waals surface area (Å²) in [6.45, 7) is 11.9. The van der Waals surface area contributed by atoms with Gasteiger partial charge in [0.1, 0.15) is 0 Å². The summed E-state index contributed by atoms with van der Waals surface area (Å²) >= 11 is 0. The third-order valence-corrected chi connectivity index (χ3v) is 5.58. The summed E-state index contributed by atoms with van der Waals surface area (Å²) in [6, 6.07) is 1.56. The van der Waals surface area contributed by atoms with E-state index >= 15 is 0 Å². The Hall–Kier alpha value is -0.0800. The molecule has 0 aromatic heterocycles. The normalized spacial score (nSPS) is 30.2. The second kappa shape index (κ2) is 5.92. The largest absolute Gasteiger partial charge is 0.311 e. The Morgan fingerprint density at radius 3 is 2.28 bits per heavy atom. The fraction of sp³-hybridized carbons (Fsp3) is 1.00. The Bertz CT molecular complexity index is 252. The quantitative estimate of drug-likeness (QED) is 0.825. The number of nitrogens with one attached hydrogen (secondary N) is 1. The van der Waals surface area contributed by atoms with Crippen LogP contribution in [0.5, 0.6) is 0 Å². The van der Waals surface area contributed by atoms with Crippen molar-refractivity contribution in [1.29, 1.82) is 0 Å². The molecule has 1 atom stereocenters. The molecule has 0 spiro atoms. The van der Waals surface area contributed by atoms with E-state index in [0.29, 0.717) is 11.6 Å². The molecule has 0 aromatic rings. The molecule has 1 N–H and O–H groups in total. The fourth-order valence-electron chi connectivity index (χ4n) is 4.00. The molecule has 0 radical (unpaired) electrons. The van der Waals surface area contributed by atoms with Crippen molar-refractivity contribution in [2.24, 2.45) is 5.92 Å². The third-order valence-electron chi connectivity index (χ3n) is 5.58. The highest BCUT2D eigenvalue weighted by Gasteiger charge is 2.43. The Balaban J connectivity index is 2.14. The van der Waals surface area contributed by atoms with Gasteiger partial charge in [0.05, 0.1) is 0 Å². The van der Waals surface area contributed by atoms with E-state index < -0.39 is 0 Å². The molecule has 18 heavy (non-hydrogen) atoms. The number of hydrogen-bond acceptors (Lipinski definition) is 2. The minimum Gasteiger partial charge on any atom is -0.311 e. The van der Waals surface area contributed by atoms with E-state index in [0.717, 1.165) is 12.0 Å². The minimum atomic E-state index is 0.431. The van der Waals surface area contributed by atoms with Crippen molar-refractivity contribution in [2.75, 3.05) is 13.1 Å². The molecule has 1 unspecified atom stereocenters. The van der Waals surface area contributed by atoms with Crippen LogP contribution in [-0.4, -0.2) is 35.6 Å². The Morgan fingerprint density at radius 2 is 1.78 bits per heavy atom. The van der Waals surface area contributed by atoms with Gasteiger partial charge in [-0.05, 0) is 31.6 Å². The molecule has 2 heteroatoms. The van der Waals surface area contributed by atoms with E-state index in [4.69, 9.17) is 0 Å². The van der Waals surface area contributed by atoms with Gasteiger partial charge < -0.3 is 5.32 Å². The van der Waals surface area contributed by atoms with Gasteiger partial charge >= 0.3 is 0 Å². The first kappa shape index (κ1) is 14.3. The van der Waals surface area contributed by atoms with Gasteiger partial charge in [-0.1, -0.05) is 40.5 Å². The molecule has 1 saturated carbocycles. The van der Waals surface area contributed by atoms with Crippen LogP contribution in [0.4, 0.5) is 0 Å². The lowest BCUT2D eigenvalue weighted by atomic mass is 9.83. The fourth-order valence-corrected chi connectivity index (χ4v) is 4.00. The molecule has 2 nitrogen and oxygen atoms in total. The third kappa shape index (κ3) is 2.60. The van der Waals surface area contributed by atoms with E-state index in [9.17, 15) is 0 Å². The smallest absolute Gasteiger partial charge is 0.0332 e. The molecule has 2 aliphatic rings. The average Bonchev–Trinajstić information content (AvgIpc) is 2.91. The van der Waals surface area contributed by atoms with Crippen molar-refractivity contribution in [2.45, 2.75) is 83.8 Å². The first-order valence-electron chi connectivity index (χ1n) is 8.13. The van der Waals surface area contributed by atoms with Crippen LogP contribution < -0.4 is 5.32 Å². The van der Waals surface area contributed by atoms with Crippen LogP contribution in [0.1, 0.15) is 66.2 Å². The molecule has 2 rings (SSSR count). The van der Waals surface area contributed by atoms with Gasteiger partial charge in [0, 0.05) is 30.7 Å². The molecule has 1 aliphatic carbocycles. The second-order valence-corrected chi connectivity index (χ2v) is 6.75. The molecule has 106 valence electrons. The number of nitrogens with zero attached hydrogens (tertiary/aromatic N) is 1. The van der Waals surface area contributed by atoms with Crippen LogP contribution in [0.15, 0.2) is 0 Å². The molecule has 1 saturated heterocycles. The summed E-state index contributed by atoms with van der Waals surface area (Å²) in [7, 11) is 0. The van der Waals surface area contributed by atoms with Crippen LogP contribution in [0.3, 0.4) is 0 Å². The van der Waals surface area contributed by atoms with Gasteiger partial charge in [0.15, 0.2) is 0 Å². The van der Waals surface area contributed by atoms with Gasteiger partial charge in [-0.15, -0.1) is 0 Å². The first-order valence-corrected chi connectivity index (χ1v) is 8.13. The number of piperazine rings is 1. The molecular weight excluding hydrogens is 220 g/mol. The van der Waals surface area contributed by atoms with Gasteiger partial charge in [0.25, 0.3) is 0 Å². The summed E-state index contributed by atoms with van der Waals surface area (Å²) in [6.07, 6.45) is 8.35. The van der Waals surface area contributed by atoms with Crippen molar-refractivity contribution < 1.29 is 0 Å². The van der Waals surface area contributed by atoms with E-state index in [2.05, 4.69) is 37.9 Å². The van der Waals surface area contributed by atoms with Crippen molar-refractivity contribution in [3.63, 3.8) is 0 Å². The van der Waals surface area contributed by atoms with Gasteiger partial charge in [-0.2, -0.15) is 0 Å². The predicted molar refractivity (Wildman–Crippen MR) is 78.9 cm³/mol. The summed E-state index contributed by atoms with van der Waals surface area (Å²) < 4.78 is 0. The Labute approximate surface area is 114 Å². The molecule has 2 fully saturated rings. The van der Waals surface area contributed by atoms with Gasteiger partial charge in [0.2, 0.25) is 0 Å². The van der Waals surface area contributed by atoms with Crippen LogP contribution >= 0.6 is 0 Å². The lowest BCUT2D eigenvalue weighted by molar-refractivity contribution is -0.0104. The zero-order valence-electron chi connectivity index (χ0n) is 12.8. The van der Waals surface area contributed by atoms with Gasteiger partial charge in [-0.3, -0.25) is 4.90 Å². The van der Waals surface area contributed by atoms with Gasteiger partial charge in [-0.25, -0.2) is 0 Å². The standard InChI is InChI=1S/C16H32N2/c1-5-16(6-2)12-17-15(13(3)4)11-18(16)14-9-7-8-10-14/h13-15,17H,5-12H2,1-4H3. The Morgan fingerprint density at radius 1 is 1.17 bits per heavy atom. The van der Waals surface area contributed by atoms with Crippen LogP contribution in [0, 0.1) is 5.92 Å². The van der Waals surface area contributed by atoms with Crippen LogP contribution in [0.25, 0.3) is 0 Å². The first-order chi connectivity index (χ1) is 8.63. The van der Waals surface area contributed by atoms with Crippen LogP contribution in [-0.2, 0) is 0 Å². The molecule has 0 bridgehead atoms. The van der Waals surface area contributed by atoms with Crippen LogP contribution in [0.2, 0.25) is 0 Å². The topological polar surface area (TPSA) is 15.3 Å². The molecule has 0 amide bonds. The lowest BCUT2D eigenvalue weighted by Gasteiger charge is -2.53. The zero-order valence-corrected chi connectivity index (χ0v) is 12.8. The summed E-state index contributed by atoms with van der Waals surface area (Å²) in [5, 5.41) is 3.82. The van der Waals surface area contributed by atoms with E-state index in [1.807, 2.05) is 0 Å². The monoisotopic (exact) mass is 252 g/mol. The van der Waals surface area contributed by atoms with E-state index in [1.54, 1.807) is 0 Å². The number of hydrogen-bond donors (Lipinski definition) is 1. The SMILES string of the molecule is CCC1(CC)CNC(C(C)C)CN1C1CCCC1. The summed E-state index contributed by atoms with van der Waals surface area (Å²) in [5.41, 5.74) is 0.431. The lowest BCUT2D eigenvalue weighted by Crippen LogP contribution is -2.67. The van der Waals surface area contributed by atoms with Crippen molar-refractivity contribution in [3.8, 4) is 0 Å². The second-order valence-electron chi connectivity index (χ2n) is 6.75. The maximum Gasteiger partial charge on any atom is 0.0332 e. The molecule has 1 aliphatic heterocycles. The molecular formula is C16H32N2. The summed E-state index contributed by atoms with van der Waals surface area (Å²) in [5.74, 6) is 0.751. The highest BCUT2D eigenvalue weighted by molar-refractivity contribution is 5.01. The molecule has 0 aromatic carbocycles. The maximum atomic E-state index is 3.82. The summed E-state index contributed by atoms with van der Waals surface area (Å²) in [4.78, 5) is 2.90. The van der Waals surface area contributed by atoms with E-state index in [-0.39, 0.29) is 0 Å². The number of rotatable bonds is 4. The van der Waals surface area contributed by atoms with Crippen molar-refractivity contribution in [3.05, 3.63) is 0 Å². The Kier molecular flexibility index (Phi) is 4.71.